The Bertz CT molecular complexity index is 649. The first-order valence-corrected chi connectivity index (χ1v) is 7.39. The highest BCUT2D eigenvalue weighted by molar-refractivity contribution is 5.98. The van der Waals surface area contributed by atoms with E-state index in [1.807, 2.05) is 13.8 Å². The molecule has 4 amide bonds. The summed E-state index contributed by atoms with van der Waals surface area (Å²) in [6.45, 7) is 3.84. The third kappa shape index (κ3) is 5.61. The van der Waals surface area contributed by atoms with Gasteiger partial charge in [0, 0.05) is 18.3 Å². The number of nitriles is 1. The van der Waals surface area contributed by atoms with E-state index >= 15 is 0 Å². The molecular weight excluding hydrogens is 310 g/mol. The number of amides is 4. The number of carbonyl (C=O) groups is 3. The fourth-order valence-electron chi connectivity index (χ4n) is 2.06. The lowest BCUT2D eigenvalue weighted by molar-refractivity contribution is -0.129. The minimum Gasteiger partial charge on any atom is -0.351 e. The van der Waals surface area contributed by atoms with E-state index in [0.717, 1.165) is 4.90 Å². The monoisotopic (exact) mass is 331 g/mol. The first kappa shape index (κ1) is 19.0. The van der Waals surface area contributed by atoms with Crippen molar-refractivity contribution >= 4 is 23.5 Å². The number of carbonyl (C=O) groups excluding carboxylic acids is 3. The Labute approximate surface area is 140 Å². The van der Waals surface area contributed by atoms with Gasteiger partial charge in [-0.25, -0.2) is 4.79 Å². The summed E-state index contributed by atoms with van der Waals surface area (Å²) in [5.41, 5.74) is 5.79. The molecule has 128 valence electrons. The fourth-order valence-corrected chi connectivity index (χ4v) is 2.06. The summed E-state index contributed by atoms with van der Waals surface area (Å²) in [6, 6.07) is 4.58. The quantitative estimate of drug-likeness (QED) is 0.535. The maximum atomic E-state index is 12.3. The van der Waals surface area contributed by atoms with Crippen LogP contribution in [0.2, 0.25) is 0 Å². The van der Waals surface area contributed by atoms with Crippen molar-refractivity contribution in [2.45, 2.75) is 26.3 Å². The van der Waals surface area contributed by atoms with E-state index in [9.17, 15) is 14.4 Å². The van der Waals surface area contributed by atoms with E-state index in [1.165, 1.54) is 31.3 Å². The molecule has 0 aromatic heterocycles. The van der Waals surface area contributed by atoms with Crippen LogP contribution < -0.4 is 16.4 Å². The summed E-state index contributed by atoms with van der Waals surface area (Å²) < 4.78 is 0. The molecule has 1 aromatic carbocycles. The second kappa shape index (κ2) is 8.53. The Hall–Kier alpha value is -3.08. The van der Waals surface area contributed by atoms with E-state index in [1.54, 1.807) is 6.19 Å². The SMILES string of the molecule is CC(C)CC(NC(=O)c1ccc(NC(N)=O)cc1)C(=O)N(C)C#N. The Morgan fingerprint density at radius 3 is 2.29 bits per heavy atom. The summed E-state index contributed by atoms with van der Waals surface area (Å²) in [4.78, 5) is 36.2. The van der Waals surface area contributed by atoms with Crippen molar-refractivity contribution in [2.75, 3.05) is 12.4 Å². The standard InChI is InChI=1S/C16H21N5O3/c1-10(2)8-13(15(23)21(3)9-17)20-14(22)11-4-6-12(7-5-11)19-16(18)24/h4-7,10,13H,8H2,1-3H3,(H,20,22)(H3,18,19,24). The van der Waals surface area contributed by atoms with Gasteiger partial charge < -0.3 is 16.4 Å². The Morgan fingerprint density at radius 2 is 1.83 bits per heavy atom. The van der Waals surface area contributed by atoms with Gasteiger partial charge in [0.25, 0.3) is 11.8 Å². The minimum atomic E-state index is -0.787. The van der Waals surface area contributed by atoms with Crippen molar-refractivity contribution in [2.24, 2.45) is 11.7 Å². The number of nitrogens with two attached hydrogens (primary N) is 1. The van der Waals surface area contributed by atoms with Crippen LogP contribution in [0.5, 0.6) is 0 Å². The van der Waals surface area contributed by atoms with Crippen molar-refractivity contribution in [1.29, 1.82) is 5.26 Å². The molecule has 0 aliphatic rings. The summed E-state index contributed by atoms with van der Waals surface area (Å²) in [5, 5.41) is 13.9. The molecule has 1 rings (SSSR count). The van der Waals surface area contributed by atoms with Crippen LogP contribution in [0, 0.1) is 17.4 Å². The molecule has 1 aromatic rings. The van der Waals surface area contributed by atoms with E-state index in [4.69, 9.17) is 11.0 Å². The van der Waals surface area contributed by atoms with Crippen molar-refractivity contribution in [3.8, 4) is 6.19 Å². The first-order chi connectivity index (χ1) is 11.2. The van der Waals surface area contributed by atoms with Gasteiger partial charge in [-0.2, -0.15) is 5.26 Å². The second-order valence-corrected chi connectivity index (χ2v) is 5.72. The lowest BCUT2D eigenvalue weighted by Gasteiger charge is -2.21. The van der Waals surface area contributed by atoms with Crippen molar-refractivity contribution in [3.63, 3.8) is 0 Å². The maximum Gasteiger partial charge on any atom is 0.316 e. The van der Waals surface area contributed by atoms with E-state index in [2.05, 4.69) is 10.6 Å². The van der Waals surface area contributed by atoms with Crippen molar-refractivity contribution in [3.05, 3.63) is 29.8 Å². The fraction of sp³-hybridized carbons (Fsp3) is 0.375. The first-order valence-electron chi connectivity index (χ1n) is 7.39. The average molecular weight is 331 g/mol. The summed E-state index contributed by atoms with van der Waals surface area (Å²) in [7, 11) is 1.35. The van der Waals surface area contributed by atoms with Gasteiger partial charge in [-0.3, -0.25) is 14.5 Å². The molecule has 0 heterocycles. The molecule has 0 radical (unpaired) electrons. The molecule has 1 unspecified atom stereocenters. The highest BCUT2D eigenvalue weighted by Gasteiger charge is 2.25. The van der Waals surface area contributed by atoms with Gasteiger partial charge in [0.15, 0.2) is 6.19 Å². The van der Waals surface area contributed by atoms with Crippen LogP contribution in [0.1, 0.15) is 30.6 Å². The minimum absolute atomic E-state index is 0.161. The molecule has 0 aliphatic carbocycles. The number of benzene rings is 1. The number of urea groups is 1. The van der Waals surface area contributed by atoms with Gasteiger partial charge in [-0.15, -0.1) is 0 Å². The third-order valence-electron chi connectivity index (χ3n) is 3.21. The topological polar surface area (TPSA) is 128 Å². The highest BCUT2D eigenvalue weighted by atomic mass is 16.2. The highest BCUT2D eigenvalue weighted by Crippen LogP contribution is 2.12. The van der Waals surface area contributed by atoms with Crippen LogP contribution in [-0.2, 0) is 4.79 Å². The predicted octanol–water partition coefficient (Wildman–Crippen LogP) is 1.26. The van der Waals surface area contributed by atoms with Crippen LogP contribution in [0.15, 0.2) is 24.3 Å². The molecule has 8 nitrogen and oxygen atoms in total. The number of nitrogens with zero attached hydrogens (tertiary/aromatic N) is 2. The molecule has 4 N–H and O–H groups in total. The Kier molecular flexibility index (Phi) is 6.74. The van der Waals surface area contributed by atoms with E-state index < -0.39 is 23.9 Å². The predicted molar refractivity (Wildman–Crippen MR) is 88.7 cm³/mol. The molecule has 24 heavy (non-hydrogen) atoms. The molecule has 0 fully saturated rings. The van der Waals surface area contributed by atoms with Gasteiger partial charge in [-0.05, 0) is 36.6 Å². The smallest absolute Gasteiger partial charge is 0.316 e. The zero-order valence-corrected chi connectivity index (χ0v) is 13.9. The average Bonchev–Trinajstić information content (AvgIpc) is 2.52. The molecule has 0 spiro atoms. The molecule has 0 saturated carbocycles. The third-order valence-corrected chi connectivity index (χ3v) is 3.21. The van der Waals surface area contributed by atoms with Crippen LogP contribution in [0.25, 0.3) is 0 Å². The van der Waals surface area contributed by atoms with Gasteiger partial charge in [-0.1, -0.05) is 13.8 Å². The lowest BCUT2D eigenvalue weighted by Crippen LogP contribution is -2.46. The van der Waals surface area contributed by atoms with Gasteiger partial charge >= 0.3 is 6.03 Å². The summed E-state index contributed by atoms with van der Waals surface area (Å²) in [6.07, 6.45) is 2.15. The molecule has 0 saturated heterocycles. The zero-order valence-electron chi connectivity index (χ0n) is 13.9. The number of primary amides is 1. The van der Waals surface area contributed by atoms with Crippen LogP contribution in [0.3, 0.4) is 0 Å². The van der Waals surface area contributed by atoms with Crippen molar-refractivity contribution in [1.82, 2.24) is 10.2 Å². The summed E-state index contributed by atoms with van der Waals surface area (Å²) >= 11 is 0. The van der Waals surface area contributed by atoms with Crippen LogP contribution >= 0.6 is 0 Å². The van der Waals surface area contributed by atoms with Gasteiger partial charge in [0.2, 0.25) is 0 Å². The number of hydrogen-bond acceptors (Lipinski definition) is 4. The number of likely N-dealkylation sites (N-methyl/N-ethyl adjacent to an activating group) is 1. The zero-order chi connectivity index (χ0) is 18.3. The van der Waals surface area contributed by atoms with E-state index in [-0.39, 0.29) is 5.92 Å². The number of rotatable bonds is 6. The molecule has 0 bridgehead atoms. The molecule has 8 heteroatoms. The van der Waals surface area contributed by atoms with Gasteiger partial charge in [0.1, 0.15) is 6.04 Å². The molecular formula is C16H21N5O3. The van der Waals surface area contributed by atoms with Gasteiger partial charge in [0.05, 0.1) is 0 Å². The number of hydrogen-bond donors (Lipinski definition) is 3. The van der Waals surface area contributed by atoms with E-state index in [0.29, 0.717) is 17.7 Å². The molecule has 0 aliphatic heterocycles. The Balaban J connectivity index is 2.85. The molecule has 1 atom stereocenters. The largest absolute Gasteiger partial charge is 0.351 e. The normalized spacial score (nSPS) is 11.3. The number of nitrogens with one attached hydrogen (secondary N) is 2. The lowest BCUT2D eigenvalue weighted by atomic mass is 10.0. The maximum absolute atomic E-state index is 12.3. The van der Waals surface area contributed by atoms with Crippen LogP contribution in [-0.4, -0.2) is 35.8 Å². The summed E-state index contributed by atoms with van der Waals surface area (Å²) in [5.74, 6) is -0.744. The second-order valence-electron chi connectivity index (χ2n) is 5.72. The van der Waals surface area contributed by atoms with Crippen molar-refractivity contribution < 1.29 is 14.4 Å². The van der Waals surface area contributed by atoms with Crippen LogP contribution in [0.4, 0.5) is 10.5 Å². The number of anilines is 1. The Morgan fingerprint density at radius 1 is 1.25 bits per heavy atom.